The van der Waals surface area contributed by atoms with Crippen LogP contribution < -0.4 is 15.5 Å². The maximum Gasteiger partial charge on any atom is 0.254 e. The van der Waals surface area contributed by atoms with E-state index < -0.39 is 23.5 Å². The topological polar surface area (TPSA) is 61.4 Å². The van der Waals surface area contributed by atoms with Gasteiger partial charge >= 0.3 is 0 Å². The molecule has 1 amide bonds. The number of carbonyl (C=O) groups is 2. The van der Waals surface area contributed by atoms with Crippen molar-refractivity contribution in [3.8, 4) is 0 Å². The van der Waals surface area contributed by atoms with E-state index >= 15 is 0 Å². The van der Waals surface area contributed by atoms with Crippen molar-refractivity contribution in [3.63, 3.8) is 0 Å². The molecule has 0 bridgehead atoms. The molecular formula is C27H29F2N3O2. The van der Waals surface area contributed by atoms with Crippen LogP contribution in [0.2, 0.25) is 0 Å². The van der Waals surface area contributed by atoms with Crippen molar-refractivity contribution in [1.82, 2.24) is 5.32 Å². The number of halogens is 2. The van der Waals surface area contributed by atoms with Gasteiger partial charge in [-0.05, 0) is 48.6 Å². The zero-order valence-corrected chi connectivity index (χ0v) is 20.1. The molecule has 0 spiro atoms. The maximum absolute atomic E-state index is 14.3. The van der Waals surface area contributed by atoms with Gasteiger partial charge in [0.1, 0.15) is 11.6 Å². The van der Waals surface area contributed by atoms with Crippen LogP contribution in [-0.4, -0.2) is 25.8 Å². The van der Waals surface area contributed by atoms with Crippen molar-refractivity contribution in [3.05, 3.63) is 82.2 Å². The van der Waals surface area contributed by atoms with Crippen molar-refractivity contribution in [2.75, 3.05) is 24.3 Å². The lowest BCUT2D eigenvalue weighted by atomic mass is 9.68. The van der Waals surface area contributed by atoms with E-state index in [2.05, 4.69) is 24.5 Å². The molecule has 0 unspecified atom stereocenters. The molecule has 178 valence electrons. The predicted octanol–water partition coefficient (Wildman–Crippen LogP) is 5.27. The third kappa shape index (κ3) is 4.47. The Labute approximate surface area is 198 Å². The molecule has 2 aromatic carbocycles. The van der Waals surface area contributed by atoms with Gasteiger partial charge in [-0.15, -0.1) is 0 Å². The third-order valence-electron chi connectivity index (χ3n) is 6.41. The Morgan fingerprint density at radius 3 is 2.38 bits per heavy atom. The molecule has 1 atom stereocenters. The van der Waals surface area contributed by atoms with Crippen LogP contribution in [0.15, 0.2) is 65.0 Å². The molecule has 1 aliphatic carbocycles. The molecule has 1 aliphatic heterocycles. The summed E-state index contributed by atoms with van der Waals surface area (Å²) < 4.78 is 27.6. The average molecular weight is 466 g/mol. The Morgan fingerprint density at radius 2 is 1.76 bits per heavy atom. The standard InChI is InChI=1S/C27H29F2N3O2/c1-15-23(26(34)31-20-11-8-17(28)12-19(20)29)24(16-6-9-18(10-7-16)32(4)5)25-21(30-15)13-27(2,3)14-22(25)33/h6-12,24,30H,13-14H2,1-5H3,(H,31,34)/t24-/m0/s1. The molecule has 7 heteroatoms. The molecular weight excluding hydrogens is 436 g/mol. The van der Waals surface area contributed by atoms with Crippen LogP contribution in [0.5, 0.6) is 0 Å². The molecule has 0 saturated carbocycles. The smallest absolute Gasteiger partial charge is 0.254 e. The number of ketones is 1. The quantitative estimate of drug-likeness (QED) is 0.646. The van der Waals surface area contributed by atoms with Gasteiger partial charge in [0.15, 0.2) is 5.78 Å². The summed E-state index contributed by atoms with van der Waals surface area (Å²) >= 11 is 0. The number of nitrogens with one attached hydrogen (secondary N) is 2. The number of benzene rings is 2. The molecule has 2 aliphatic rings. The number of dihydropyridines is 1. The van der Waals surface area contributed by atoms with Gasteiger partial charge in [0.25, 0.3) is 5.91 Å². The molecule has 0 saturated heterocycles. The minimum absolute atomic E-state index is 0.00815. The Kier molecular flexibility index (Phi) is 6.06. The Morgan fingerprint density at radius 1 is 1.09 bits per heavy atom. The lowest BCUT2D eigenvalue weighted by Crippen LogP contribution is -2.39. The van der Waals surface area contributed by atoms with Gasteiger partial charge in [0.05, 0.1) is 5.69 Å². The summed E-state index contributed by atoms with van der Waals surface area (Å²) in [5, 5.41) is 5.86. The molecule has 2 N–H and O–H groups in total. The molecule has 2 aromatic rings. The van der Waals surface area contributed by atoms with Gasteiger partial charge in [-0.25, -0.2) is 8.78 Å². The van der Waals surface area contributed by atoms with Crippen LogP contribution >= 0.6 is 0 Å². The summed E-state index contributed by atoms with van der Waals surface area (Å²) in [7, 11) is 3.88. The summed E-state index contributed by atoms with van der Waals surface area (Å²) in [5.74, 6) is -2.74. The van der Waals surface area contributed by atoms with Gasteiger partial charge in [0, 0.05) is 60.7 Å². The number of amides is 1. The second-order valence-electron chi connectivity index (χ2n) is 9.99. The van der Waals surface area contributed by atoms with Crippen molar-refractivity contribution in [2.45, 2.75) is 39.5 Å². The molecule has 5 nitrogen and oxygen atoms in total. The number of Topliss-reactive ketones (excluding diaryl/α,β-unsaturated/α-hetero) is 1. The number of nitrogens with zero attached hydrogens (tertiary/aromatic N) is 1. The zero-order chi connectivity index (χ0) is 24.8. The van der Waals surface area contributed by atoms with Gasteiger partial charge < -0.3 is 15.5 Å². The van der Waals surface area contributed by atoms with Gasteiger partial charge in [-0.3, -0.25) is 9.59 Å². The van der Waals surface area contributed by atoms with Crippen LogP contribution in [0, 0.1) is 17.0 Å². The highest BCUT2D eigenvalue weighted by Gasteiger charge is 2.42. The van der Waals surface area contributed by atoms with E-state index in [4.69, 9.17) is 0 Å². The van der Waals surface area contributed by atoms with Crippen molar-refractivity contribution >= 4 is 23.1 Å². The second-order valence-corrected chi connectivity index (χ2v) is 9.99. The first-order valence-electron chi connectivity index (χ1n) is 11.2. The Balaban J connectivity index is 1.80. The van der Waals surface area contributed by atoms with Gasteiger partial charge in [-0.1, -0.05) is 26.0 Å². The van der Waals surface area contributed by atoms with E-state index in [0.29, 0.717) is 29.7 Å². The first-order valence-corrected chi connectivity index (χ1v) is 11.2. The minimum atomic E-state index is -0.863. The fraction of sp³-hybridized carbons (Fsp3) is 0.333. The number of allylic oxidation sites excluding steroid dienone is 3. The van der Waals surface area contributed by atoms with Gasteiger partial charge in [-0.2, -0.15) is 0 Å². The van der Waals surface area contributed by atoms with Gasteiger partial charge in [0.2, 0.25) is 0 Å². The van der Waals surface area contributed by atoms with Crippen molar-refractivity contribution < 1.29 is 18.4 Å². The van der Waals surface area contributed by atoms with E-state index in [9.17, 15) is 18.4 Å². The molecule has 0 aromatic heterocycles. The lowest BCUT2D eigenvalue weighted by molar-refractivity contribution is -0.118. The third-order valence-corrected chi connectivity index (χ3v) is 6.41. The summed E-state index contributed by atoms with van der Waals surface area (Å²) in [6, 6.07) is 10.7. The predicted molar refractivity (Wildman–Crippen MR) is 129 cm³/mol. The number of hydrogen-bond acceptors (Lipinski definition) is 4. The maximum atomic E-state index is 14.3. The second kappa shape index (κ2) is 8.70. The fourth-order valence-electron chi connectivity index (χ4n) is 4.82. The minimum Gasteiger partial charge on any atom is -0.378 e. The summed E-state index contributed by atoms with van der Waals surface area (Å²) in [6.45, 7) is 5.89. The number of rotatable bonds is 4. The SMILES string of the molecule is CC1=C(C(=O)Nc2ccc(F)cc2F)[C@H](c2ccc(N(C)C)cc2)C2=C(CC(C)(C)CC2=O)N1. The molecule has 0 radical (unpaired) electrons. The number of hydrogen-bond donors (Lipinski definition) is 2. The summed E-state index contributed by atoms with van der Waals surface area (Å²) in [4.78, 5) is 28.8. The first-order chi connectivity index (χ1) is 16.0. The largest absolute Gasteiger partial charge is 0.378 e. The molecule has 0 fully saturated rings. The lowest BCUT2D eigenvalue weighted by Gasteiger charge is -2.39. The van der Waals surface area contributed by atoms with Crippen LogP contribution in [-0.2, 0) is 9.59 Å². The van der Waals surface area contributed by atoms with E-state index in [1.165, 1.54) is 6.07 Å². The van der Waals surface area contributed by atoms with Crippen LogP contribution in [0.4, 0.5) is 20.2 Å². The Hall–Kier alpha value is -3.48. The molecule has 34 heavy (non-hydrogen) atoms. The van der Waals surface area contributed by atoms with Crippen molar-refractivity contribution in [2.24, 2.45) is 5.41 Å². The average Bonchev–Trinajstić information content (AvgIpc) is 2.73. The highest BCUT2D eigenvalue weighted by molar-refractivity contribution is 6.10. The van der Waals surface area contributed by atoms with Crippen LogP contribution in [0.25, 0.3) is 0 Å². The zero-order valence-electron chi connectivity index (χ0n) is 20.1. The summed E-state index contributed by atoms with van der Waals surface area (Å²) in [5.41, 5.74) is 3.82. The van der Waals surface area contributed by atoms with Crippen molar-refractivity contribution in [1.29, 1.82) is 0 Å². The normalized spacial score (nSPS) is 19.5. The van der Waals surface area contributed by atoms with Crippen LogP contribution in [0.1, 0.15) is 45.1 Å². The van der Waals surface area contributed by atoms with Crippen LogP contribution in [0.3, 0.4) is 0 Å². The Bertz CT molecular complexity index is 1230. The molecule has 1 heterocycles. The monoisotopic (exact) mass is 465 g/mol. The van der Waals surface area contributed by atoms with E-state index in [1.807, 2.05) is 43.3 Å². The summed E-state index contributed by atoms with van der Waals surface area (Å²) in [6.07, 6.45) is 1.06. The van der Waals surface area contributed by atoms with E-state index in [0.717, 1.165) is 29.1 Å². The highest BCUT2D eigenvalue weighted by Crippen LogP contribution is 2.47. The fourth-order valence-corrected chi connectivity index (χ4v) is 4.82. The highest BCUT2D eigenvalue weighted by atomic mass is 19.1. The first kappa shape index (κ1) is 23.7. The number of carbonyl (C=O) groups excluding carboxylic acids is 2. The van der Waals surface area contributed by atoms with E-state index in [1.54, 1.807) is 6.92 Å². The van der Waals surface area contributed by atoms with E-state index in [-0.39, 0.29) is 16.9 Å². The molecule has 4 rings (SSSR count). The number of anilines is 2.